The van der Waals surface area contributed by atoms with E-state index in [1.807, 2.05) is 12.1 Å². The van der Waals surface area contributed by atoms with E-state index in [0.717, 1.165) is 0 Å². The van der Waals surface area contributed by atoms with Gasteiger partial charge in [0.1, 0.15) is 0 Å². The molecule has 0 radical (unpaired) electrons. The topological polar surface area (TPSA) is 144 Å². The highest BCUT2D eigenvalue weighted by Gasteiger charge is 2.22. The molecule has 0 saturated heterocycles. The number of azo groups is 1. The summed E-state index contributed by atoms with van der Waals surface area (Å²) in [6.45, 7) is 1.72. The van der Waals surface area contributed by atoms with Gasteiger partial charge < -0.3 is 5.11 Å². The lowest BCUT2D eigenvalue weighted by molar-refractivity contribution is 0.426. The van der Waals surface area contributed by atoms with Crippen LogP contribution in [-0.4, -0.2) is 32.9 Å². The minimum Gasteiger partial charge on any atom is -0.492 e. The standard InChI is InChI=1S/C26H21N7O4S/c1-18-16-17-27-26(28-18)31-38(36,37)22-14-12-19(13-15-22)29-30-23-24(34)32(20-8-4-2-5-9-20)33(25(23)35)21-10-6-3-7-11-21/h2-17,34H,1H3,(H,27,28,31). The molecule has 5 aromatic rings. The molecule has 0 fully saturated rings. The first-order valence-corrected chi connectivity index (χ1v) is 12.8. The zero-order valence-corrected chi connectivity index (χ0v) is 20.8. The Bertz CT molecular complexity index is 1780. The third kappa shape index (κ3) is 4.92. The lowest BCUT2D eigenvalue weighted by Gasteiger charge is -2.12. The van der Waals surface area contributed by atoms with Crippen molar-refractivity contribution in [1.29, 1.82) is 0 Å². The Labute approximate surface area is 217 Å². The van der Waals surface area contributed by atoms with Crippen LogP contribution in [-0.2, 0) is 10.0 Å². The lowest BCUT2D eigenvalue weighted by atomic mass is 10.3. The van der Waals surface area contributed by atoms with Gasteiger partial charge in [0.25, 0.3) is 10.0 Å². The van der Waals surface area contributed by atoms with Crippen LogP contribution in [0.15, 0.2) is 117 Å². The minimum absolute atomic E-state index is 0.0360. The highest BCUT2D eigenvalue weighted by Crippen LogP contribution is 2.30. The maximum Gasteiger partial charge on any atom is 0.303 e. The molecule has 0 saturated carbocycles. The number of hydrogen-bond acceptors (Lipinski definition) is 8. The van der Waals surface area contributed by atoms with Gasteiger partial charge in [0, 0.05) is 11.9 Å². The van der Waals surface area contributed by atoms with Gasteiger partial charge in [0.15, 0.2) is 0 Å². The average molecular weight is 528 g/mol. The largest absolute Gasteiger partial charge is 0.492 e. The number of aryl methyl sites for hydroxylation is 1. The Morgan fingerprint density at radius 3 is 2.03 bits per heavy atom. The van der Waals surface area contributed by atoms with Crippen LogP contribution in [0.2, 0.25) is 0 Å². The van der Waals surface area contributed by atoms with E-state index in [4.69, 9.17) is 0 Å². The monoisotopic (exact) mass is 527 g/mol. The number of nitrogens with one attached hydrogen (secondary N) is 1. The van der Waals surface area contributed by atoms with E-state index in [1.165, 1.54) is 39.8 Å². The molecule has 2 N–H and O–H groups in total. The van der Waals surface area contributed by atoms with Crippen molar-refractivity contribution in [2.45, 2.75) is 11.8 Å². The van der Waals surface area contributed by atoms with Crippen molar-refractivity contribution in [1.82, 2.24) is 19.3 Å². The molecule has 0 aliphatic carbocycles. The predicted octanol–water partition coefficient (Wildman–Crippen LogP) is 4.65. The highest BCUT2D eigenvalue weighted by atomic mass is 32.2. The van der Waals surface area contributed by atoms with Gasteiger partial charge in [-0.3, -0.25) is 4.79 Å². The van der Waals surface area contributed by atoms with Crippen molar-refractivity contribution < 1.29 is 13.5 Å². The van der Waals surface area contributed by atoms with E-state index in [9.17, 15) is 18.3 Å². The molecular formula is C26H21N7O4S. The number of aromatic nitrogens is 4. The molecule has 3 aromatic carbocycles. The number of benzene rings is 3. The fraction of sp³-hybridized carbons (Fsp3) is 0.0385. The Morgan fingerprint density at radius 1 is 0.816 bits per heavy atom. The number of aromatic hydroxyl groups is 1. The maximum absolute atomic E-state index is 13.3. The lowest BCUT2D eigenvalue weighted by Crippen LogP contribution is -2.20. The van der Waals surface area contributed by atoms with Crippen LogP contribution in [0.5, 0.6) is 5.88 Å². The Kier molecular flexibility index (Phi) is 6.54. The summed E-state index contributed by atoms with van der Waals surface area (Å²) in [5.41, 5.74) is 1.11. The minimum atomic E-state index is -3.93. The van der Waals surface area contributed by atoms with Gasteiger partial charge in [-0.05, 0) is 61.5 Å². The number of rotatable bonds is 7. The molecule has 0 atom stereocenters. The van der Waals surface area contributed by atoms with E-state index in [1.54, 1.807) is 61.5 Å². The summed E-state index contributed by atoms with van der Waals surface area (Å²) in [6.07, 6.45) is 1.45. The average Bonchev–Trinajstić information content (AvgIpc) is 3.17. The summed E-state index contributed by atoms with van der Waals surface area (Å²) in [5.74, 6) is -0.433. The second-order valence-electron chi connectivity index (χ2n) is 8.09. The zero-order valence-electron chi connectivity index (χ0n) is 20.0. The molecule has 2 aromatic heterocycles. The molecule has 0 bridgehead atoms. The second kappa shape index (κ2) is 10.1. The molecular weight excluding hydrogens is 506 g/mol. The fourth-order valence-electron chi connectivity index (χ4n) is 3.66. The zero-order chi connectivity index (χ0) is 26.7. The third-order valence-electron chi connectivity index (χ3n) is 5.44. The smallest absolute Gasteiger partial charge is 0.303 e. The molecule has 2 heterocycles. The fourth-order valence-corrected chi connectivity index (χ4v) is 4.61. The summed E-state index contributed by atoms with van der Waals surface area (Å²) >= 11 is 0. The van der Waals surface area contributed by atoms with Gasteiger partial charge in [-0.15, -0.1) is 5.11 Å². The van der Waals surface area contributed by atoms with E-state index in [2.05, 4.69) is 24.9 Å². The van der Waals surface area contributed by atoms with Crippen LogP contribution >= 0.6 is 0 Å². The summed E-state index contributed by atoms with van der Waals surface area (Å²) in [5, 5.41) is 19.1. The van der Waals surface area contributed by atoms with Gasteiger partial charge in [-0.1, -0.05) is 36.4 Å². The molecule has 0 unspecified atom stereocenters. The molecule has 0 spiro atoms. The van der Waals surface area contributed by atoms with E-state index < -0.39 is 21.5 Å². The predicted molar refractivity (Wildman–Crippen MR) is 141 cm³/mol. The van der Waals surface area contributed by atoms with Crippen LogP contribution in [0, 0.1) is 6.92 Å². The van der Waals surface area contributed by atoms with Crippen LogP contribution in [0.3, 0.4) is 0 Å². The Balaban J connectivity index is 1.47. The molecule has 190 valence electrons. The van der Waals surface area contributed by atoms with Crippen molar-refractivity contribution in [3.63, 3.8) is 0 Å². The van der Waals surface area contributed by atoms with Crippen LogP contribution in [0.4, 0.5) is 17.3 Å². The summed E-state index contributed by atoms with van der Waals surface area (Å²) < 4.78 is 30.3. The Hall–Kier alpha value is -5.10. The third-order valence-corrected chi connectivity index (χ3v) is 6.79. The first-order chi connectivity index (χ1) is 18.3. The van der Waals surface area contributed by atoms with Crippen LogP contribution in [0.1, 0.15) is 5.69 Å². The molecule has 38 heavy (non-hydrogen) atoms. The van der Waals surface area contributed by atoms with Gasteiger partial charge in [-0.25, -0.2) is 32.5 Å². The molecule has 0 amide bonds. The Morgan fingerprint density at radius 2 is 1.42 bits per heavy atom. The van der Waals surface area contributed by atoms with Gasteiger partial charge in [-0.2, -0.15) is 5.11 Å². The van der Waals surface area contributed by atoms with Gasteiger partial charge >= 0.3 is 5.56 Å². The first-order valence-electron chi connectivity index (χ1n) is 11.4. The van der Waals surface area contributed by atoms with Crippen molar-refractivity contribution in [3.8, 4) is 17.3 Å². The summed E-state index contributed by atoms with van der Waals surface area (Å²) in [4.78, 5) is 21.2. The number of nitrogens with zero attached hydrogens (tertiary/aromatic N) is 6. The van der Waals surface area contributed by atoms with Crippen LogP contribution < -0.4 is 10.3 Å². The van der Waals surface area contributed by atoms with Crippen molar-refractivity contribution in [2.24, 2.45) is 10.2 Å². The number of sulfonamides is 1. The quantitative estimate of drug-likeness (QED) is 0.295. The second-order valence-corrected chi connectivity index (χ2v) is 9.78. The normalized spacial score (nSPS) is 11.6. The van der Waals surface area contributed by atoms with Gasteiger partial charge in [0.2, 0.25) is 17.5 Å². The van der Waals surface area contributed by atoms with E-state index >= 15 is 0 Å². The van der Waals surface area contributed by atoms with Gasteiger partial charge in [0.05, 0.1) is 22.0 Å². The van der Waals surface area contributed by atoms with E-state index in [-0.39, 0.29) is 22.2 Å². The maximum atomic E-state index is 13.3. The van der Waals surface area contributed by atoms with Crippen LogP contribution in [0.25, 0.3) is 11.4 Å². The molecule has 5 rings (SSSR count). The van der Waals surface area contributed by atoms with E-state index in [0.29, 0.717) is 17.1 Å². The summed E-state index contributed by atoms with van der Waals surface area (Å²) in [7, 11) is -3.93. The number of hydrogen-bond donors (Lipinski definition) is 2. The number of para-hydroxylation sites is 2. The molecule has 0 aliphatic heterocycles. The van der Waals surface area contributed by atoms with Crippen molar-refractivity contribution >= 4 is 27.3 Å². The van der Waals surface area contributed by atoms with Crippen molar-refractivity contribution in [2.75, 3.05) is 4.72 Å². The molecule has 0 aliphatic rings. The molecule has 11 nitrogen and oxygen atoms in total. The molecule has 12 heteroatoms. The SMILES string of the molecule is Cc1ccnc(NS(=O)(=O)c2ccc(N=Nc3c(O)n(-c4ccccc4)n(-c4ccccc4)c3=O)cc2)n1. The number of anilines is 1. The highest BCUT2D eigenvalue weighted by molar-refractivity contribution is 7.92. The van der Waals surface area contributed by atoms with Crippen molar-refractivity contribution in [3.05, 3.63) is 113 Å². The summed E-state index contributed by atoms with van der Waals surface area (Å²) in [6, 6.07) is 24.9. The first kappa shape index (κ1) is 24.6.